The molecular formula is C24H20N2O6S. The molecule has 9 heteroatoms. The SMILES string of the molecule is Cn1c(=O)n(Cc2ccccc2)c(=O)c2c(C(=O)OCC3COc4ccccc4O3)csc21. The first kappa shape index (κ1) is 21.0. The van der Waals surface area contributed by atoms with Gasteiger partial charge in [-0.1, -0.05) is 42.5 Å². The lowest BCUT2D eigenvalue weighted by atomic mass is 10.2. The van der Waals surface area contributed by atoms with Crippen molar-refractivity contribution in [2.24, 2.45) is 7.05 Å². The van der Waals surface area contributed by atoms with E-state index in [1.165, 1.54) is 4.57 Å². The monoisotopic (exact) mass is 464 g/mol. The van der Waals surface area contributed by atoms with Crippen molar-refractivity contribution in [1.82, 2.24) is 9.13 Å². The van der Waals surface area contributed by atoms with Crippen LogP contribution in [-0.2, 0) is 18.3 Å². The molecular weight excluding hydrogens is 444 g/mol. The summed E-state index contributed by atoms with van der Waals surface area (Å²) in [5.74, 6) is 0.582. The molecule has 0 saturated heterocycles. The second-order valence-electron chi connectivity index (χ2n) is 7.64. The van der Waals surface area contributed by atoms with Crippen LogP contribution in [0.2, 0.25) is 0 Å². The molecule has 2 aromatic carbocycles. The fourth-order valence-electron chi connectivity index (χ4n) is 3.74. The molecule has 168 valence electrons. The van der Waals surface area contributed by atoms with E-state index >= 15 is 0 Å². The number of carbonyl (C=O) groups is 1. The Morgan fingerprint density at radius 3 is 2.61 bits per heavy atom. The molecule has 5 rings (SSSR count). The van der Waals surface area contributed by atoms with E-state index in [0.29, 0.717) is 16.3 Å². The number of rotatable bonds is 5. The Morgan fingerprint density at radius 1 is 1.09 bits per heavy atom. The molecule has 0 fully saturated rings. The molecule has 1 atom stereocenters. The maximum atomic E-state index is 13.2. The minimum atomic E-state index is -0.647. The van der Waals surface area contributed by atoms with Crippen LogP contribution in [-0.4, -0.2) is 34.4 Å². The predicted molar refractivity (Wildman–Crippen MR) is 124 cm³/mol. The number of benzene rings is 2. The molecule has 1 unspecified atom stereocenters. The third kappa shape index (κ3) is 3.91. The van der Waals surface area contributed by atoms with Crippen LogP contribution in [0.25, 0.3) is 10.2 Å². The van der Waals surface area contributed by atoms with Crippen LogP contribution in [0.15, 0.2) is 69.6 Å². The zero-order valence-electron chi connectivity index (χ0n) is 17.7. The lowest BCUT2D eigenvalue weighted by Crippen LogP contribution is -2.39. The topological polar surface area (TPSA) is 88.8 Å². The standard InChI is InChI=1S/C24H20N2O6S/c1-25-22-20(21(27)26(24(25)29)11-15-7-3-2-4-8-15)17(14-33-22)23(28)31-13-16-12-30-18-9-5-6-10-19(18)32-16/h2-10,14,16H,11-13H2,1H3. The van der Waals surface area contributed by atoms with Gasteiger partial charge < -0.3 is 14.2 Å². The first-order valence-electron chi connectivity index (χ1n) is 10.3. The molecule has 33 heavy (non-hydrogen) atoms. The number of ether oxygens (including phenoxy) is 3. The largest absolute Gasteiger partial charge is 0.486 e. The first-order valence-corrected chi connectivity index (χ1v) is 11.2. The Hall–Kier alpha value is -3.85. The van der Waals surface area contributed by atoms with E-state index < -0.39 is 23.3 Å². The summed E-state index contributed by atoms with van der Waals surface area (Å²) in [7, 11) is 1.59. The average Bonchev–Trinajstić information content (AvgIpc) is 3.30. The van der Waals surface area contributed by atoms with Gasteiger partial charge in [0.1, 0.15) is 18.0 Å². The summed E-state index contributed by atoms with van der Waals surface area (Å²) in [5, 5.41) is 1.73. The molecule has 0 saturated carbocycles. The highest BCUT2D eigenvalue weighted by atomic mass is 32.1. The third-order valence-corrected chi connectivity index (χ3v) is 6.48. The van der Waals surface area contributed by atoms with Gasteiger partial charge >= 0.3 is 11.7 Å². The number of para-hydroxylation sites is 2. The normalized spacial score (nSPS) is 14.9. The van der Waals surface area contributed by atoms with Crippen LogP contribution in [0.5, 0.6) is 11.5 Å². The minimum absolute atomic E-state index is 0.0333. The lowest BCUT2D eigenvalue weighted by Gasteiger charge is -2.25. The van der Waals surface area contributed by atoms with Gasteiger partial charge in [0.05, 0.1) is 17.5 Å². The zero-order valence-corrected chi connectivity index (χ0v) is 18.5. The number of thiophene rings is 1. The maximum absolute atomic E-state index is 13.2. The van der Waals surface area contributed by atoms with Crippen molar-refractivity contribution in [3.8, 4) is 11.5 Å². The van der Waals surface area contributed by atoms with Gasteiger partial charge in [0.25, 0.3) is 5.56 Å². The lowest BCUT2D eigenvalue weighted by molar-refractivity contribution is 0.0111. The van der Waals surface area contributed by atoms with Crippen molar-refractivity contribution < 1.29 is 19.0 Å². The van der Waals surface area contributed by atoms with Crippen molar-refractivity contribution in [3.05, 3.63) is 91.9 Å². The molecule has 4 aromatic rings. The van der Waals surface area contributed by atoms with Crippen LogP contribution in [0.3, 0.4) is 0 Å². The van der Waals surface area contributed by atoms with Crippen LogP contribution >= 0.6 is 11.3 Å². The molecule has 0 radical (unpaired) electrons. The summed E-state index contributed by atoms with van der Waals surface area (Å²) in [6.07, 6.45) is -0.465. The Morgan fingerprint density at radius 2 is 1.82 bits per heavy atom. The summed E-state index contributed by atoms with van der Waals surface area (Å²) in [6, 6.07) is 16.5. The van der Waals surface area contributed by atoms with Gasteiger partial charge in [-0.15, -0.1) is 11.3 Å². The van der Waals surface area contributed by atoms with Crippen molar-refractivity contribution >= 4 is 27.5 Å². The second kappa shape index (κ2) is 8.59. The molecule has 8 nitrogen and oxygen atoms in total. The summed E-state index contributed by atoms with van der Waals surface area (Å²) in [5.41, 5.74) is -0.0134. The van der Waals surface area contributed by atoms with Crippen molar-refractivity contribution in [3.63, 3.8) is 0 Å². The molecule has 3 heterocycles. The molecule has 0 amide bonds. The molecule has 0 aliphatic carbocycles. The minimum Gasteiger partial charge on any atom is -0.486 e. The van der Waals surface area contributed by atoms with Crippen molar-refractivity contribution in [2.75, 3.05) is 13.2 Å². The quantitative estimate of drug-likeness (QED) is 0.422. The number of hydrogen-bond acceptors (Lipinski definition) is 7. The summed E-state index contributed by atoms with van der Waals surface area (Å²) in [4.78, 5) is 39.3. The van der Waals surface area contributed by atoms with E-state index in [1.54, 1.807) is 24.6 Å². The number of hydrogen-bond donors (Lipinski definition) is 0. The first-order chi connectivity index (χ1) is 16.0. The fourth-order valence-corrected chi connectivity index (χ4v) is 4.73. The van der Waals surface area contributed by atoms with Gasteiger partial charge in [-0.3, -0.25) is 13.9 Å². The summed E-state index contributed by atoms with van der Waals surface area (Å²) >= 11 is 1.16. The Bertz CT molecular complexity index is 1450. The molecule has 0 bridgehead atoms. The van der Waals surface area contributed by atoms with E-state index in [-0.39, 0.29) is 30.7 Å². The van der Waals surface area contributed by atoms with E-state index in [4.69, 9.17) is 14.2 Å². The Kier molecular flexibility index (Phi) is 5.47. The number of aryl methyl sites for hydroxylation is 1. The van der Waals surface area contributed by atoms with E-state index in [1.807, 2.05) is 42.5 Å². The molecule has 0 N–H and O–H groups in total. The summed E-state index contributed by atoms with van der Waals surface area (Å²) in [6.45, 7) is 0.320. The van der Waals surface area contributed by atoms with Gasteiger partial charge in [-0.25, -0.2) is 9.59 Å². The van der Waals surface area contributed by atoms with E-state index in [0.717, 1.165) is 21.5 Å². The van der Waals surface area contributed by atoms with E-state index in [9.17, 15) is 14.4 Å². The predicted octanol–water partition coefficient (Wildman–Crippen LogP) is 2.81. The Balaban J connectivity index is 1.41. The van der Waals surface area contributed by atoms with Crippen LogP contribution < -0.4 is 20.7 Å². The zero-order chi connectivity index (χ0) is 22.9. The van der Waals surface area contributed by atoms with Crippen molar-refractivity contribution in [2.45, 2.75) is 12.6 Å². The fraction of sp³-hybridized carbons (Fsp3) is 0.208. The number of esters is 1. The Labute approximate surface area is 192 Å². The van der Waals surface area contributed by atoms with Gasteiger partial charge in [0.15, 0.2) is 17.6 Å². The van der Waals surface area contributed by atoms with Gasteiger partial charge in [0, 0.05) is 12.4 Å². The van der Waals surface area contributed by atoms with Crippen LogP contribution in [0, 0.1) is 0 Å². The highest BCUT2D eigenvalue weighted by Crippen LogP contribution is 2.31. The average molecular weight is 464 g/mol. The number of nitrogens with zero attached hydrogens (tertiary/aromatic N) is 2. The molecule has 1 aliphatic rings. The highest BCUT2D eigenvalue weighted by Gasteiger charge is 2.25. The molecule has 0 spiro atoms. The summed E-state index contributed by atoms with van der Waals surface area (Å²) < 4.78 is 19.4. The smallest absolute Gasteiger partial charge is 0.340 e. The second-order valence-corrected chi connectivity index (χ2v) is 8.50. The maximum Gasteiger partial charge on any atom is 0.340 e. The molecule has 2 aromatic heterocycles. The highest BCUT2D eigenvalue weighted by molar-refractivity contribution is 7.17. The van der Waals surface area contributed by atoms with Crippen LogP contribution in [0.1, 0.15) is 15.9 Å². The number of aromatic nitrogens is 2. The van der Waals surface area contributed by atoms with Gasteiger partial charge in [-0.05, 0) is 17.7 Å². The third-order valence-electron chi connectivity index (χ3n) is 5.42. The van der Waals surface area contributed by atoms with Crippen LogP contribution in [0.4, 0.5) is 0 Å². The van der Waals surface area contributed by atoms with E-state index in [2.05, 4.69) is 0 Å². The van der Waals surface area contributed by atoms with Gasteiger partial charge in [-0.2, -0.15) is 0 Å². The number of carbonyl (C=O) groups excluding carboxylic acids is 1. The van der Waals surface area contributed by atoms with Crippen molar-refractivity contribution in [1.29, 1.82) is 0 Å². The molecule has 1 aliphatic heterocycles. The number of fused-ring (bicyclic) bond motifs is 2. The van der Waals surface area contributed by atoms with Gasteiger partial charge in [0.2, 0.25) is 0 Å².